The second-order valence-electron chi connectivity index (χ2n) is 5.33. The zero-order chi connectivity index (χ0) is 15.2. The van der Waals surface area contributed by atoms with Gasteiger partial charge in [0.25, 0.3) is 0 Å². The predicted octanol–water partition coefficient (Wildman–Crippen LogP) is 4.41. The van der Waals surface area contributed by atoms with Gasteiger partial charge in [-0.3, -0.25) is 0 Å². The van der Waals surface area contributed by atoms with Gasteiger partial charge in [-0.15, -0.1) is 10.2 Å². The van der Waals surface area contributed by atoms with Crippen LogP contribution in [0.15, 0.2) is 28.6 Å². The standard InChI is InChI=1S/C16H23N3S2/c1-5-17-15(10-20-16-19-18-12(4)21-16)14-8-6-13(7-9-14)11(2)3/h6-9,11,15,17H,5,10H2,1-4H3. The van der Waals surface area contributed by atoms with E-state index in [1.54, 1.807) is 23.1 Å². The number of aromatic nitrogens is 2. The molecule has 2 rings (SSSR count). The second kappa shape index (κ2) is 7.92. The minimum atomic E-state index is 0.352. The minimum absolute atomic E-state index is 0.352. The fourth-order valence-corrected chi connectivity index (χ4v) is 4.06. The number of thioether (sulfide) groups is 1. The van der Waals surface area contributed by atoms with Crippen molar-refractivity contribution in [3.63, 3.8) is 0 Å². The van der Waals surface area contributed by atoms with Gasteiger partial charge in [0.2, 0.25) is 0 Å². The molecule has 1 heterocycles. The zero-order valence-corrected chi connectivity index (χ0v) is 14.7. The maximum atomic E-state index is 4.18. The molecular formula is C16H23N3S2. The molecule has 0 radical (unpaired) electrons. The first kappa shape index (κ1) is 16.5. The highest BCUT2D eigenvalue weighted by Gasteiger charge is 2.13. The molecule has 1 aromatic carbocycles. The first-order valence-electron chi connectivity index (χ1n) is 7.36. The minimum Gasteiger partial charge on any atom is -0.309 e. The highest BCUT2D eigenvalue weighted by atomic mass is 32.2. The number of nitrogens with one attached hydrogen (secondary N) is 1. The Bertz CT molecular complexity index is 549. The fourth-order valence-electron chi connectivity index (χ4n) is 2.12. The van der Waals surface area contributed by atoms with Crippen LogP contribution in [0.1, 0.15) is 48.9 Å². The van der Waals surface area contributed by atoms with Gasteiger partial charge in [0.05, 0.1) is 0 Å². The van der Waals surface area contributed by atoms with Crippen LogP contribution in [0.3, 0.4) is 0 Å². The molecule has 1 N–H and O–H groups in total. The highest BCUT2D eigenvalue weighted by Crippen LogP contribution is 2.27. The molecule has 3 nitrogen and oxygen atoms in total. The van der Waals surface area contributed by atoms with Crippen molar-refractivity contribution in [1.29, 1.82) is 0 Å². The molecule has 21 heavy (non-hydrogen) atoms. The Morgan fingerprint density at radius 2 is 1.81 bits per heavy atom. The Morgan fingerprint density at radius 1 is 1.14 bits per heavy atom. The average molecular weight is 322 g/mol. The van der Waals surface area contributed by atoms with E-state index in [0.29, 0.717) is 12.0 Å². The molecule has 1 atom stereocenters. The van der Waals surface area contributed by atoms with Crippen molar-refractivity contribution in [2.45, 2.75) is 44.0 Å². The summed E-state index contributed by atoms with van der Waals surface area (Å²) in [4.78, 5) is 0. The van der Waals surface area contributed by atoms with E-state index in [0.717, 1.165) is 21.6 Å². The van der Waals surface area contributed by atoms with E-state index in [9.17, 15) is 0 Å². The predicted molar refractivity (Wildman–Crippen MR) is 92.3 cm³/mol. The summed E-state index contributed by atoms with van der Waals surface area (Å²) in [5.41, 5.74) is 2.73. The van der Waals surface area contributed by atoms with Crippen LogP contribution in [0.4, 0.5) is 0 Å². The first-order chi connectivity index (χ1) is 10.1. The van der Waals surface area contributed by atoms with Crippen LogP contribution in [-0.4, -0.2) is 22.5 Å². The van der Waals surface area contributed by atoms with Crippen molar-refractivity contribution in [1.82, 2.24) is 15.5 Å². The van der Waals surface area contributed by atoms with Gasteiger partial charge in [0.1, 0.15) is 5.01 Å². The van der Waals surface area contributed by atoms with E-state index in [1.807, 2.05) is 6.92 Å². The van der Waals surface area contributed by atoms with Crippen molar-refractivity contribution < 1.29 is 0 Å². The van der Waals surface area contributed by atoms with E-state index in [-0.39, 0.29) is 0 Å². The van der Waals surface area contributed by atoms with E-state index in [2.05, 4.69) is 60.6 Å². The summed E-state index contributed by atoms with van der Waals surface area (Å²) in [6.07, 6.45) is 0. The SMILES string of the molecule is CCNC(CSc1nnc(C)s1)c1ccc(C(C)C)cc1. The van der Waals surface area contributed by atoms with Gasteiger partial charge in [-0.2, -0.15) is 0 Å². The molecule has 0 aliphatic carbocycles. The Balaban J connectivity index is 2.03. The Morgan fingerprint density at radius 3 is 2.33 bits per heavy atom. The number of benzene rings is 1. The summed E-state index contributed by atoms with van der Waals surface area (Å²) in [7, 11) is 0. The van der Waals surface area contributed by atoms with Crippen molar-refractivity contribution >= 4 is 23.1 Å². The molecule has 0 saturated carbocycles. The summed E-state index contributed by atoms with van der Waals surface area (Å²) in [5, 5.41) is 12.8. The lowest BCUT2D eigenvalue weighted by atomic mass is 9.99. The van der Waals surface area contributed by atoms with Gasteiger partial charge in [0, 0.05) is 11.8 Å². The number of rotatable bonds is 7. The number of hydrogen-bond acceptors (Lipinski definition) is 5. The molecule has 114 valence electrons. The monoisotopic (exact) mass is 321 g/mol. The Labute approximate surface area is 135 Å². The van der Waals surface area contributed by atoms with Crippen molar-refractivity contribution in [2.24, 2.45) is 0 Å². The molecule has 5 heteroatoms. The molecule has 1 unspecified atom stereocenters. The van der Waals surface area contributed by atoms with E-state index < -0.39 is 0 Å². The van der Waals surface area contributed by atoms with Crippen LogP contribution in [-0.2, 0) is 0 Å². The van der Waals surface area contributed by atoms with Gasteiger partial charge in [-0.05, 0) is 30.5 Å². The van der Waals surface area contributed by atoms with E-state index in [4.69, 9.17) is 0 Å². The van der Waals surface area contributed by atoms with Crippen molar-refractivity contribution in [3.8, 4) is 0 Å². The first-order valence-corrected chi connectivity index (χ1v) is 9.16. The van der Waals surface area contributed by atoms with Gasteiger partial charge in [-0.25, -0.2) is 0 Å². The summed E-state index contributed by atoms with van der Waals surface area (Å²) in [5.74, 6) is 1.55. The normalized spacial score (nSPS) is 12.8. The third-order valence-electron chi connectivity index (χ3n) is 3.34. The van der Waals surface area contributed by atoms with Crippen LogP contribution in [0.2, 0.25) is 0 Å². The summed E-state index contributed by atoms with van der Waals surface area (Å²) >= 11 is 3.44. The third-order valence-corrected chi connectivity index (χ3v) is 5.40. The lowest BCUT2D eigenvalue weighted by Crippen LogP contribution is -2.22. The third kappa shape index (κ3) is 4.80. The smallest absolute Gasteiger partial charge is 0.174 e. The molecule has 0 aliphatic rings. The molecule has 2 aromatic rings. The largest absolute Gasteiger partial charge is 0.309 e. The van der Waals surface area contributed by atoms with Crippen LogP contribution in [0.25, 0.3) is 0 Å². The van der Waals surface area contributed by atoms with E-state index >= 15 is 0 Å². The van der Waals surface area contributed by atoms with Gasteiger partial charge in [0.15, 0.2) is 4.34 Å². The lowest BCUT2D eigenvalue weighted by Gasteiger charge is -2.18. The quantitative estimate of drug-likeness (QED) is 0.766. The van der Waals surface area contributed by atoms with Crippen molar-refractivity contribution in [2.75, 3.05) is 12.3 Å². The second-order valence-corrected chi connectivity index (χ2v) is 7.78. The summed E-state index contributed by atoms with van der Waals surface area (Å²) in [6.45, 7) is 9.56. The molecule has 0 amide bonds. The summed E-state index contributed by atoms with van der Waals surface area (Å²) in [6, 6.07) is 9.32. The summed E-state index contributed by atoms with van der Waals surface area (Å²) < 4.78 is 1.05. The van der Waals surface area contributed by atoms with Gasteiger partial charge in [-0.1, -0.05) is 68.1 Å². The van der Waals surface area contributed by atoms with E-state index in [1.165, 1.54) is 11.1 Å². The molecular weight excluding hydrogens is 298 g/mol. The maximum absolute atomic E-state index is 4.18. The molecule has 1 aromatic heterocycles. The Kier molecular flexibility index (Phi) is 6.21. The number of nitrogens with zero attached hydrogens (tertiary/aromatic N) is 2. The average Bonchev–Trinajstić information content (AvgIpc) is 2.89. The number of hydrogen-bond donors (Lipinski definition) is 1. The van der Waals surface area contributed by atoms with Crippen LogP contribution in [0, 0.1) is 6.92 Å². The Hall–Kier alpha value is -0.910. The topological polar surface area (TPSA) is 37.8 Å². The molecule has 0 fully saturated rings. The fraction of sp³-hybridized carbons (Fsp3) is 0.500. The van der Waals surface area contributed by atoms with Crippen LogP contribution < -0.4 is 5.32 Å². The molecule has 0 saturated heterocycles. The number of aryl methyl sites for hydroxylation is 1. The van der Waals surface area contributed by atoms with Crippen LogP contribution >= 0.6 is 23.1 Å². The maximum Gasteiger partial charge on any atom is 0.174 e. The lowest BCUT2D eigenvalue weighted by molar-refractivity contribution is 0.605. The van der Waals surface area contributed by atoms with Crippen molar-refractivity contribution in [3.05, 3.63) is 40.4 Å². The van der Waals surface area contributed by atoms with Gasteiger partial charge < -0.3 is 5.32 Å². The molecule has 0 bridgehead atoms. The molecule has 0 aliphatic heterocycles. The highest BCUT2D eigenvalue weighted by molar-refractivity contribution is 8.01. The zero-order valence-electron chi connectivity index (χ0n) is 13.1. The van der Waals surface area contributed by atoms with Gasteiger partial charge >= 0.3 is 0 Å². The molecule has 0 spiro atoms. The van der Waals surface area contributed by atoms with Crippen LogP contribution in [0.5, 0.6) is 0 Å².